The lowest BCUT2D eigenvalue weighted by atomic mass is 10.1. The van der Waals surface area contributed by atoms with Gasteiger partial charge in [0.05, 0.1) is 35.2 Å². The molecule has 5 aromatic rings. The Morgan fingerprint density at radius 3 is 2.91 bits per heavy atom. The summed E-state index contributed by atoms with van der Waals surface area (Å²) in [5, 5.41) is 7.89. The fraction of sp³-hybridized carbons (Fsp3) is 0.320. The Hall–Kier alpha value is -3.23. The summed E-state index contributed by atoms with van der Waals surface area (Å²) in [6.45, 7) is 8.72. The summed E-state index contributed by atoms with van der Waals surface area (Å²) in [6.07, 6.45) is 3.83. The number of H-pyrrole nitrogens is 1. The van der Waals surface area contributed by atoms with Crippen LogP contribution in [0.25, 0.3) is 43.8 Å². The zero-order valence-corrected chi connectivity index (χ0v) is 19.8. The molecule has 5 heterocycles. The van der Waals surface area contributed by atoms with Crippen LogP contribution < -0.4 is 4.90 Å². The van der Waals surface area contributed by atoms with Crippen LogP contribution in [0.3, 0.4) is 0 Å². The lowest BCUT2D eigenvalue weighted by Crippen LogP contribution is -2.44. The van der Waals surface area contributed by atoms with Crippen molar-refractivity contribution in [3.8, 4) is 22.6 Å². The average molecular weight is 459 g/mol. The van der Waals surface area contributed by atoms with Crippen LogP contribution >= 0.6 is 11.3 Å². The van der Waals surface area contributed by atoms with Crippen LogP contribution in [0, 0.1) is 0 Å². The molecule has 168 valence electrons. The van der Waals surface area contributed by atoms with Gasteiger partial charge in [0, 0.05) is 52.4 Å². The highest BCUT2D eigenvalue weighted by molar-refractivity contribution is 7.18. The number of nitrogens with zero attached hydrogens (tertiary/aromatic N) is 5. The number of fused-ring (bicyclic) bond motifs is 2. The first-order valence-corrected chi connectivity index (χ1v) is 12.2. The van der Waals surface area contributed by atoms with Crippen molar-refractivity contribution in [2.24, 2.45) is 0 Å². The molecule has 0 radical (unpaired) electrons. The summed E-state index contributed by atoms with van der Waals surface area (Å²) < 4.78 is 8.89. The number of morpholine rings is 1. The normalized spacial score (nSPS) is 17.0. The fourth-order valence-corrected chi connectivity index (χ4v) is 5.67. The van der Waals surface area contributed by atoms with Crippen molar-refractivity contribution in [3.05, 3.63) is 48.1 Å². The molecule has 0 bridgehead atoms. The third kappa shape index (κ3) is 3.32. The van der Waals surface area contributed by atoms with Gasteiger partial charge in [-0.15, -0.1) is 11.3 Å². The maximum absolute atomic E-state index is 5.72. The molecular weight excluding hydrogens is 432 g/mol. The molecule has 33 heavy (non-hydrogen) atoms. The van der Waals surface area contributed by atoms with E-state index in [1.54, 1.807) is 11.3 Å². The first-order chi connectivity index (χ1) is 16.1. The van der Waals surface area contributed by atoms with Crippen molar-refractivity contribution in [1.29, 1.82) is 0 Å². The van der Waals surface area contributed by atoms with E-state index >= 15 is 0 Å². The number of rotatable bonds is 4. The van der Waals surface area contributed by atoms with Gasteiger partial charge in [-0.1, -0.05) is 12.1 Å². The molecule has 0 saturated carbocycles. The summed E-state index contributed by atoms with van der Waals surface area (Å²) in [5.41, 5.74) is 5.29. The van der Waals surface area contributed by atoms with E-state index in [-0.39, 0.29) is 12.1 Å². The van der Waals surface area contributed by atoms with Crippen molar-refractivity contribution in [2.75, 3.05) is 24.7 Å². The van der Waals surface area contributed by atoms with Crippen LogP contribution in [0.4, 0.5) is 5.82 Å². The van der Waals surface area contributed by atoms with Gasteiger partial charge in [0.25, 0.3) is 0 Å². The molecule has 1 fully saturated rings. The summed E-state index contributed by atoms with van der Waals surface area (Å²) in [7, 11) is 0. The summed E-state index contributed by atoms with van der Waals surface area (Å²) in [4.78, 5) is 16.0. The first-order valence-electron chi connectivity index (χ1n) is 11.4. The summed E-state index contributed by atoms with van der Waals surface area (Å²) in [5.74, 6) is 1.74. The van der Waals surface area contributed by atoms with Crippen molar-refractivity contribution in [1.82, 2.24) is 24.7 Å². The van der Waals surface area contributed by atoms with Crippen LogP contribution in [-0.4, -0.2) is 50.5 Å². The number of thiophene rings is 1. The number of aromatic amines is 1. The standard InChI is InChI=1S/C25H26N6OS/c1-15(2)31-21(8-10-27-31)19-14-33-23-22(19)28-24(18-5-4-6-20-17(18)7-9-26-20)29-25(23)30-11-12-32-13-16(30)3/h4-10,14-16,26H,11-13H2,1-3H3. The molecule has 0 amide bonds. The van der Waals surface area contributed by atoms with Gasteiger partial charge in [-0.2, -0.15) is 5.10 Å². The predicted octanol–water partition coefficient (Wildman–Crippen LogP) is 5.51. The van der Waals surface area contributed by atoms with Crippen molar-refractivity contribution in [2.45, 2.75) is 32.9 Å². The minimum Gasteiger partial charge on any atom is -0.377 e. The molecule has 1 atom stereocenters. The monoisotopic (exact) mass is 458 g/mol. The Labute approximate surface area is 196 Å². The van der Waals surface area contributed by atoms with Gasteiger partial charge in [0.1, 0.15) is 0 Å². The topological polar surface area (TPSA) is 71.9 Å². The molecule has 1 unspecified atom stereocenters. The maximum Gasteiger partial charge on any atom is 0.162 e. The zero-order valence-electron chi connectivity index (χ0n) is 18.9. The van der Waals surface area contributed by atoms with E-state index in [0.717, 1.165) is 56.1 Å². The molecule has 0 spiro atoms. The molecule has 1 aromatic carbocycles. The number of anilines is 1. The highest BCUT2D eigenvalue weighted by atomic mass is 32.1. The van der Waals surface area contributed by atoms with E-state index in [4.69, 9.17) is 14.7 Å². The Morgan fingerprint density at radius 1 is 1.15 bits per heavy atom. The second-order valence-corrected chi connectivity index (χ2v) is 9.69. The SMILES string of the molecule is CC1COCCN1c1nc(-c2cccc3[nH]ccc23)nc2c(-c3ccnn3C(C)C)csc12. The second-order valence-electron chi connectivity index (χ2n) is 8.81. The molecule has 4 aromatic heterocycles. The Bertz CT molecular complexity index is 1450. The third-order valence-electron chi connectivity index (χ3n) is 6.31. The quantitative estimate of drug-likeness (QED) is 0.385. The molecule has 7 nitrogen and oxygen atoms in total. The Kier molecular flexibility index (Phi) is 4.92. The van der Waals surface area contributed by atoms with E-state index in [9.17, 15) is 0 Å². The van der Waals surface area contributed by atoms with Gasteiger partial charge in [0.15, 0.2) is 11.6 Å². The molecule has 1 saturated heterocycles. The molecular formula is C25H26N6OS. The number of hydrogen-bond acceptors (Lipinski definition) is 6. The van der Waals surface area contributed by atoms with Gasteiger partial charge in [-0.05, 0) is 39.0 Å². The lowest BCUT2D eigenvalue weighted by molar-refractivity contribution is 0.0987. The van der Waals surface area contributed by atoms with Crippen molar-refractivity contribution >= 4 is 38.3 Å². The number of ether oxygens (including phenoxy) is 1. The van der Waals surface area contributed by atoms with Crippen LogP contribution in [0.2, 0.25) is 0 Å². The minimum atomic E-state index is 0.250. The number of nitrogens with one attached hydrogen (secondary N) is 1. The minimum absolute atomic E-state index is 0.250. The van der Waals surface area contributed by atoms with Gasteiger partial charge in [-0.3, -0.25) is 4.68 Å². The fourth-order valence-electron chi connectivity index (χ4n) is 4.66. The molecule has 1 aliphatic heterocycles. The molecule has 6 rings (SSSR count). The van der Waals surface area contributed by atoms with Crippen LogP contribution in [-0.2, 0) is 4.74 Å². The Morgan fingerprint density at radius 2 is 2.06 bits per heavy atom. The summed E-state index contributed by atoms with van der Waals surface area (Å²) >= 11 is 1.71. The number of hydrogen-bond donors (Lipinski definition) is 1. The predicted molar refractivity (Wildman–Crippen MR) is 134 cm³/mol. The molecule has 1 N–H and O–H groups in total. The highest BCUT2D eigenvalue weighted by Crippen LogP contribution is 2.40. The summed E-state index contributed by atoms with van der Waals surface area (Å²) in [6, 6.07) is 10.9. The maximum atomic E-state index is 5.72. The molecule has 8 heteroatoms. The van der Waals surface area contributed by atoms with Gasteiger partial charge in [0.2, 0.25) is 0 Å². The van der Waals surface area contributed by atoms with E-state index in [1.165, 1.54) is 0 Å². The number of aromatic nitrogens is 5. The van der Waals surface area contributed by atoms with E-state index < -0.39 is 0 Å². The first kappa shape index (κ1) is 20.4. The van der Waals surface area contributed by atoms with Crippen molar-refractivity contribution < 1.29 is 4.74 Å². The van der Waals surface area contributed by atoms with Crippen LogP contribution in [0.1, 0.15) is 26.8 Å². The van der Waals surface area contributed by atoms with Crippen molar-refractivity contribution in [3.63, 3.8) is 0 Å². The third-order valence-corrected chi connectivity index (χ3v) is 7.27. The van der Waals surface area contributed by atoms with E-state index in [0.29, 0.717) is 13.2 Å². The second kappa shape index (κ2) is 7.97. The van der Waals surface area contributed by atoms with E-state index in [1.807, 2.05) is 12.4 Å². The van der Waals surface area contributed by atoms with Gasteiger partial charge < -0.3 is 14.6 Å². The molecule has 1 aliphatic rings. The lowest BCUT2D eigenvalue weighted by Gasteiger charge is -2.34. The average Bonchev–Trinajstić information content (AvgIpc) is 3.57. The van der Waals surface area contributed by atoms with E-state index in [2.05, 4.69) is 76.1 Å². The number of benzene rings is 1. The highest BCUT2D eigenvalue weighted by Gasteiger charge is 2.26. The Balaban J connectivity index is 1.63. The largest absolute Gasteiger partial charge is 0.377 e. The van der Waals surface area contributed by atoms with Crippen LogP contribution in [0.5, 0.6) is 0 Å². The van der Waals surface area contributed by atoms with Gasteiger partial charge >= 0.3 is 0 Å². The smallest absolute Gasteiger partial charge is 0.162 e. The molecule has 0 aliphatic carbocycles. The zero-order chi connectivity index (χ0) is 22.5. The van der Waals surface area contributed by atoms with Crippen LogP contribution in [0.15, 0.2) is 48.1 Å². The van der Waals surface area contributed by atoms with Gasteiger partial charge in [-0.25, -0.2) is 9.97 Å².